The Bertz CT molecular complexity index is 629. The molecule has 0 spiro atoms. The highest BCUT2D eigenvalue weighted by Crippen LogP contribution is 2.21. The summed E-state index contributed by atoms with van der Waals surface area (Å²) < 4.78 is 39.8. The minimum absolute atomic E-state index is 0.0453. The number of halogens is 1. The van der Waals surface area contributed by atoms with Gasteiger partial charge in [-0.25, -0.2) is 13.1 Å². The van der Waals surface area contributed by atoms with Crippen LogP contribution in [0.4, 0.5) is 10.1 Å². The van der Waals surface area contributed by atoms with Gasteiger partial charge in [-0.1, -0.05) is 6.42 Å². The van der Waals surface area contributed by atoms with Crippen LogP contribution in [0.25, 0.3) is 0 Å². The first kappa shape index (κ1) is 15.8. The average molecular weight is 317 g/mol. The Morgan fingerprint density at radius 1 is 1.43 bits per heavy atom. The molecule has 1 aromatic carbocycles. The fourth-order valence-electron chi connectivity index (χ4n) is 2.19. The minimum Gasteiger partial charge on any atom is -0.313 e. The second-order valence-electron chi connectivity index (χ2n) is 4.87. The number of nitro benzene ring substituents is 1. The fraction of sp³-hybridized carbons (Fsp3) is 0.500. The van der Waals surface area contributed by atoms with Crippen molar-refractivity contribution in [3.8, 4) is 0 Å². The largest absolute Gasteiger partial charge is 0.313 e. The number of nitrogens with one attached hydrogen (secondary N) is 2. The van der Waals surface area contributed by atoms with E-state index in [-0.39, 0.29) is 17.5 Å². The average Bonchev–Trinajstić information content (AvgIpc) is 2.46. The molecule has 116 valence electrons. The first-order valence-electron chi connectivity index (χ1n) is 6.57. The van der Waals surface area contributed by atoms with Gasteiger partial charge in [-0.3, -0.25) is 10.1 Å². The van der Waals surface area contributed by atoms with Gasteiger partial charge in [-0.15, -0.1) is 0 Å². The van der Waals surface area contributed by atoms with Crippen LogP contribution in [0.2, 0.25) is 0 Å². The van der Waals surface area contributed by atoms with Crippen molar-refractivity contribution in [2.75, 3.05) is 13.1 Å². The number of benzene rings is 1. The van der Waals surface area contributed by atoms with E-state index in [2.05, 4.69) is 10.0 Å². The topological polar surface area (TPSA) is 101 Å². The van der Waals surface area contributed by atoms with Gasteiger partial charge in [0, 0.05) is 18.7 Å². The lowest BCUT2D eigenvalue weighted by Gasteiger charge is -2.23. The Kier molecular flexibility index (Phi) is 4.86. The highest BCUT2D eigenvalue weighted by Gasteiger charge is 2.22. The zero-order chi connectivity index (χ0) is 15.5. The molecule has 1 atom stereocenters. The molecule has 0 aromatic heterocycles. The second kappa shape index (κ2) is 6.46. The molecule has 0 aliphatic carbocycles. The van der Waals surface area contributed by atoms with Crippen LogP contribution in [0.5, 0.6) is 0 Å². The summed E-state index contributed by atoms with van der Waals surface area (Å²) in [5.41, 5.74) is -0.853. The molecule has 0 bridgehead atoms. The fourth-order valence-corrected chi connectivity index (χ4v) is 3.29. The van der Waals surface area contributed by atoms with Crippen molar-refractivity contribution in [1.29, 1.82) is 0 Å². The Balaban J connectivity index is 2.11. The summed E-state index contributed by atoms with van der Waals surface area (Å²) in [4.78, 5) is 9.39. The summed E-state index contributed by atoms with van der Waals surface area (Å²) in [6.07, 6.45) is 2.96. The minimum atomic E-state index is -3.89. The van der Waals surface area contributed by atoms with Crippen molar-refractivity contribution in [1.82, 2.24) is 10.0 Å². The first-order chi connectivity index (χ1) is 9.90. The smallest absolute Gasteiger partial charge is 0.306 e. The van der Waals surface area contributed by atoms with Gasteiger partial charge in [0.15, 0.2) is 0 Å². The lowest BCUT2D eigenvalue weighted by Crippen LogP contribution is -2.43. The van der Waals surface area contributed by atoms with Gasteiger partial charge < -0.3 is 5.32 Å². The highest BCUT2D eigenvalue weighted by atomic mass is 32.2. The number of hydrogen-bond acceptors (Lipinski definition) is 5. The predicted molar refractivity (Wildman–Crippen MR) is 73.9 cm³/mol. The summed E-state index contributed by atoms with van der Waals surface area (Å²) in [6, 6.07) is 2.57. The summed E-state index contributed by atoms with van der Waals surface area (Å²) in [6.45, 7) is 1.04. The third kappa shape index (κ3) is 3.96. The molecule has 7 nitrogen and oxygen atoms in total. The molecule has 2 rings (SSSR count). The van der Waals surface area contributed by atoms with E-state index in [1.807, 2.05) is 0 Å². The first-order valence-corrected chi connectivity index (χ1v) is 8.05. The van der Waals surface area contributed by atoms with Crippen molar-refractivity contribution in [2.45, 2.75) is 30.2 Å². The molecule has 21 heavy (non-hydrogen) atoms. The number of rotatable bonds is 5. The van der Waals surface area contributed by atoms with Gasteiger partial charge >= 0.3 is 5.69 Å². The van der Waals surface area contributed by atoms with E-state index in [4.69, 9.17) is 0 Å². The molecule has 1 unspecified atom stereocenters. The summed E-state index contributed by atoms with van der Waals surface area (Å²) in [5, 5.41) is 13.8. The molecule has 0 saturated carbocycles. The monoisotopic (exact) mass is 317 g/mol. The molecular formula is C12H16FN3O4S. The standard InChI is InChI=1S/C12H16FN3O4S/c13-11-5-4-10(7-12(11)16(17)18)21(19,20)15-8-9-3-1-2-6-14-9/h4-5,7,9,14-15H,1-3,6,8H2. The van der Waals surface area contributed by atoms with Crippen LogP contribution in [0, 0.1) is 15.9 Å². The van der Waals surface area contributed by atoms with E-state index in [0.29, 0.717) is 0 Å². The third-order valence-corrected chi connectivity index (χ3v) is 4.78. The van der Waals surface area contributed by atoms with Crippen LogP contribution in [-0.2, 0) is 10.0 Å². The van der Waals surface area contributed by atoms with Crippen LogP contribution in [-0.4, -0.2) is 32.5 Å². The van der Waals surface area contributed by atoms with Gasteiger partial charge in [-0.2, -0.15) is 4.39 Å². The van der Waals surface area contributed by atoms with E-state index < -0.39 is 26.5 Å². The normalized spacial score (nSPS) is 19.4. The van der Waals surface area contributed by atoms with Gasteiger partial charge in [-0.05, 0) is 31.5 Å². The Morgan fingerprint density at radius 3 is 2.81 bits per heavy atom. The van der Waals surface area contributed by atoms with Gasteiger partial charge in [0.2, 0.25) is 15.8 Å². The Hall–Kier alpha value is -1.58. The number of sulfonamides is 1. The summed E-state index contributed by atoms with van der Waals surface area (Å²) in [5.74, 6) is -1.06. The van der Waals surface area contributed by atoms with E-state index in [0.717, 1.165) is 44.0 Å². The zero-order valence-corrected chi connectivity index (χ0v) is 12.0. The molecule has 0 amide bonds. The van der Waals surface area contributed by atoms with Crippen LogP contribution in [0.3, 0.4) is 0 Å². The molecule has 2 N–H and O–H groups in total. The maximum Gasteiger partial charge on any atom is 0.306 e. The van der Waals surface area contributed by atoms with Gasteiger partial charge in [0.1, 0.15) is 0 Å². The SMILES string of the molecule is O=[N+]([O-])c1cc(S(=O)(=O)NCC2CCCCN2)ccc1F. The lowest BCUT2D eigenvalue weighted by atomic mass is 10.1. The number of nitrogens with zero attached hydrogens (tertiary/aromatic N) is 1. The van der Waals surface area contributed by atoms with Gasteiger partial charge in [0.05, 0.1) is 9.82 Å². The molecule has 1 fully saturated rings. The Labute approximate surface area is 121 Å². The quantitative estimate of drug-likeness (QED) is 0.627. The van der Waals surface area contributed by atoms with Crippen molar-refractivity contribution >= 4 is 15.7 Å². The van der Waals surface area contributed by atoms with Crippen LogP contribution < -0.4 is 10.0 Å². The van der Waals surface area contributed by atoms with Crippen molar-refractivity contribution < 1.29 is 17.7 Å². The summed E-state index contributed by atoms with van der Waals surface area (Å²) >= 11 is 0. The van der Waals surface area contributed by atoms with Crippen molar-refractivity contribution in [3.63, 3.8) is 0 Å². The predicted octanol–water partition coefficient (Wildman–Crippen LogP) is 1.15. The molecule has 1 aliphatic heterocycles. The van der Waals surface area contributed by atoms with E-state index in [1.54, 1.807) is 0 Å². The number of nitro groups is 1. The van der Waals surface area contributed by atoms with Crippen molar-refractivity contribution in [2.24, 2.45) is 0 Å². The highest BCUT2D eigenvalue weighted by molar-refractivity contribution is 7.89. The van der Waals surface area contributed by atoms with Gasteiger partial charge in [0.25, 0.3) is 0 Å². The third-order valence-electron chi connectivity index (χ3n) is 3.36. The molecule has 9 heteroatoms. The summed E-state index contributed by atoms with van der Waals surface area (Å²) in [7, 11) is -3.89. The Morgan fingerprint density at radius 2 is 2.19 bits per heavy atom. The molecule has 1 heterocycles. The lowest BCUT2D eigenvalue weighted by molar-refractivity contribution is -0.387. The van der Waals surface area contributed by atoms with Crippen LogP contribution in [0.15, 0.2) is 23.1 Å². The molecule has 0 radical (unpaired) electrons. The van der Waals surface area contributed by atoms with Crippen LogP contribution in [0.1, 0.15) is 19.3 Å². The van der Waals surface area contributed by atoms with E-state index >= 15 is 0 Å². The van der Waals surface area contributed by atoms with Crippen molar-refractivity contribution in [3.05, 3.63) is 34.1 Å². The van der Waals surface area contributed by atoms with E-state index in [1.165, 1.54) is 0 Å². The second-order valence-corrected chi connectivity index (χ2v) is 6.64. The molecule has 1 saturated heterocycles. The maximum absolute atomic E-state index is 13.2. The molecular weight excluding hydrogens is 301 g/mol. The number of hydrogen-bond donors (Lipinski definition) is 2. The zero-order valence-electron chi connectivity index (χ0n) is 11.2. The maximum atomic E-state index is 13.2. The molecule has 1 aliphatic rings. The molecule has 1 aromatic rings. The number of piperidine rings is 1. The van der Waals surface area contributed by atoms with Crippen LogP contribution >= 0.6 is 0 Å². The van der Waals surface area contributed by atoms with E-state index in [9.17, 15) is 22.9 Å².